The second-order valence-electron chi connectivity index (χ2n) is 6.09. The van der Waals surface area contributed by atoms with Gasteiger partial charge in [0.15, 0.2) is 0 Å². The maximum absolute atomic E-state index is 12.6. The number of rotatable bonds is 5. The highest BCUT2D eigenvalue weighted by molar-refractivity contribution is 7.89. The summed E-state index contributed by atoms with van der Waals surface area (Å²) in [6.07, 6.45) is 1.45. The molecule has 0 atom stereocenters. The van der Waals surface area contributed by atoms with Crippen molar-refractivity contribution in [1.29, 1.82) is 0 Å². The lowest BCUT2D eigenvalue weighted by Gasteiger charge is -2.08. The SMILES string of the molecule is O=S(=O)(NCc1cc(-c2ccccc2)ncn1)c1ccc2ccccc2c1. The number of nitrogens with zero attached hydrogens (tertiary/aromatic N) is 2. The summed E-state index contributed by atoms with van der Waals surface area (Å²) in [6, 6.07) is 24.2. The van der Waals surface area contributed by atoms with Crippen LogP contribution in [0.15, 0.2) is 90.1 Å². The molecule has 0 saturated carbocycles. The van der Waals surface area contributed by atoms with Gasteiger partial charge < -0.3 is 0 Å². The molecule has 0 fully saturated rings. The molecule has 3 aromatic carbocycles. The number of fused-ring (bicyclic) bond motifs is 1. The smallest absolute Gasteiger partial charge is 0.240 e. The number of benzene rings is 3. The molecule has 4 rings (SSSR count). The number of nitrogens with one attached hydrogen (secondary N) is 1. The van der Waals surface area contributed by atoms with E-state index in [-0.39, 0.29) is 11.4 Å². The first-order valence-electron chi connectivity index (χ1n) is 8.47. The first kappa shape index (κ1) is 17.3. The monoisotopic (exact) mass is 375 g/mol. The molecule has 1 N–H and O–H groups in total. The Hall–Kier alpha value is -3.09. The van der Waals surface area contributed by atoms with E-state index in [1.54, 1.807) is 18.2 Å². The molecule has 0 spiro atoms. The topological polar surface area (TPSA) is 72.0 Å². The molecular weight excluding hydrogens is 358 g/mol. The normalized spacial score (nSPS) is 11.6. The van der Waals surface area contributed by atoms with Gasteiger partial charge in [-0.05, 0) is 29.0 Å². The minimum absolute atomic E-state index is 0.0948. The summed E-state index contributed by atoms with van der Waals surface area (Å²) in [5.41, 5.74) is 2.32. The van der Waals surface area contributed by atoms with Crippen LogP contribution in [0.5, 0.6) is 0 Å². The predicted octanol–water partition coefficient (Wildman–Crippen LogP) is 3.78. The van der Waals surface area contributed by atoms with Crippen molar-refractivity contribution in [1.82, 2.24) is 14.7 Å². The largest absolute Gasteiger partial charge is 0.240 e. The molecule has 0 unspecified atom stereocenters. The maximum atomic E-state index is 12.6. The third kappa shape index (κ3) is 3.86. The van der Waals surface area contributed by atoms with E-state index in [0.717, 1.165) is 22.0 Å². The molecule has 0 aliphatic heterocycles. The van der Waals surface area contributed by atoms with Gasteiger partial charge in [0.05, 0.1) is 22.8 Å². The van der Waals surface area contributed by atoms with Crippen molar-refractivity contribution in [2.75, 3.05) is 0 Å². The summed E-state index contributed by atoms with van der Waals surface area (Å²) in [7, 11) is -3.64. The molecule has 0 saturated heterocycles. The van der Waals surface area contributed by atoms with Crippen LogP contribution in [0, 0.1) is 0 Å². The number of hydrogen-bond acceptors (Lipinski definition) is 4. The Kier molecular flexibility index (Phi) is 4.66. The summed E-state index contributed by atoms with van der Waals surface area (Å²) < 4.78 is 27.9. The molecule has 6 heteroatoms. The van der Waals surface area contributed by atoms with E-state index in [0.29, 0.717) is 5.69 Å². The van der Waals surface area contributed by atoms with Gasteiger partial charge >= 0.3 is 0 Å². The average molecular weight is 375 g/mol. The molecular formula is C21H17N3O2S. The van der Waals surface area contributed by atoms with Gasteiger partial charge in [0.1, 0.15) is 6.33 Å². The lowest BCUT2D eigenvalue weighted by atomic mass is 10.1. The summed E-state index contributed by atoms with van der Waals surface area (Å²) in [6.45, 7) is 0.0948. The molecule has 0 aliphatic carbocycles. The van der Waals surface area contributed by atoms with E-state index in [2.05, 4.69) is 14.7 Å². The fourth-order valence-corrected chi connectivity index (χ4v) is 3.88. The van der Waals surface area contributed by atoms with E-state index in [1.165, 1.54) is 6.33 Å². The third-order valence-electron chi connectivity index (χ3n) is 4.27. The minimum Gasteiger partial charge on any atom is -0.240 e. The Morgan fingerprint density at radius 2 is 1.52 bits per heavy atom. The second-order valence-corrected chi connectivity index (χ2v) is 7.86. The van der Waals surface area contributed by atoms with Crippen LogP contribution in [-0.2, 0) is 16.6 Å². The van der Waals surface area contributed by atoms with Crippen LogP contribution in [0.25, 0.3) is 22.0 Å². The van der Waals surface area contributed by atoms with E-state index in [4.69, 9.17) is 0 Å². The van der Waals surface area contributed by atoms with Crippen molar-refractivity contribution in [3.8, 4) is 11.3 Å². The van der Waals surface area contributed by atoms with Crippen LogP contribution >= 0.6 is 0 Å². The highest BCUT2D eigenvalue weighted by atomic mass is 32.2. The Morgan fingerprint density at radius 3 is 2.33 bits per heavy atom. The Bertz CT molecular complexity index is 1190. The van der Waals surface area contributed by atoms with Crippen LogP contribution in [0.1, 0.15) is 5.69 Å². The number of hydrogen-bond donors (Lipinski definition) is 1. The maximum Gasteiger partial charge on any atom is 0.240 e. The molecule has 0 bridgehead atoms. The molecule has 0 radical (unpaired) electrons. The van der Waals surface area contributed by atoms with Crippen LogP contribution in [0.4, 0.5) is 0 Å². The molecule has 27 heavy (non-hydrogen) atoms. The zero-order valence-corrected chi connectivity index (χ0v) is 15.2. The highest BCUT2D eigenvalue weighted by Crippen LogP contribution is 2.20. The van der Waals surface area contributed by atoms with Crippen LogP contribution in [0.3, 0.4) is 0 Å². The molecule has 4 aromatic rings. The predicted molar refractivity (Wildman–Crippen MR) is 105 cm³/mol. The van der Waals surface area contributed by atoms with E-state index >= 15 is 0 Å². The van der Waals surface area contributed by atoms with Crippen molar-refractivity contribution in [3.05, 3.63) is 90.9 Å². The van der Waals surface area contributed by atoms with E-state index in [9.17, 15) is 8.42 Å². The molecule has 5 nitrogen and oxygen atoms in total. The van der Waals surface area contributed by atoms with Gasteiger partial charge in [-0.15, -0.1) is 0 Å². The van der Waals surface area contributed by atoms with Crippen molar-refractivity contribution in [2.24, 2.45) is 0 Å². The fraction of sp³-hybridized carbons (Fsp3) is 0.0476. The third-order valence-corrected chi connectivity index (χ3v) is 5.67. The lowest BCUT2D eigenvalue weighted by molar-refractivity contribution is 0.580. The van der Waals surface area contributed by atoms with Gasteiger partial charge in [0.25, 0.3) is 0 Å². The minimum atomic E-state index is -3.64. The highest BCUT2D eigenvalue weighted by Gasteiger charge is 2.15. The van der Waals surface area contributed by atoms with Gasteiger partial charge in [0.2, 0.25) is 10.0 Å². The number of sulfonamides is 1. The summed E-state index contributed by atoms with van der Waals surface area (Å²) in [5.74, 6) is 0. The van der Waals surface area contributed by atoms with Gasteiger partial charge in [-0.25, -0.2) is 23.1 Å². The first-order valence-corrected chi connectivity index (χ1v) is 9.95. The lowest BCUT2D eigenvalue weighted by Crippen LogP contribution is -2.23. The molecule has 0 aliphatic rings. The molecule has 1 heterocycles. The quantitative estimate of drug-likeness (QED) is 0.576. The van der Waals surface area contributed by atoms with Gasteiger partial charge in [-0.1, -0.05) is 60.7 Å². The fourth-order valence-electron chi connectivity index (χ4n) is 2.85. The van der Waals surface area contributed by atoms with Gasteiger partial charge in [0, 0.05) is 5.56 Å². The Balaban J connectivity index is 1.55. The van der Waals surface area contributed by atoms with Crippen LogP contribution < -0.4 is 4.72 Å². The van der Waals surface area contributed by atoms with Crippen molar-refractivity contribution >= 4 is 20.8 Å². The van der Waals surface area contributed by atoms with Gasteiger partial charge in [-0.2, -0.15) is 0 Å². The van der Waals surface area contributed by atoms with Crippen LogP contribution in [0.2, 0.25) is 0 Å². The molecule has 1 aromatic heterocycles. The Labute approximate surface area is 157 Å². The molecule has 134 valence electrons. The standard InChI is InChI=1S/C21H17N3O2S/c25-27(26,20-11-10-16-6-4-5-9-18(16)12-20)24-14-19-13-21(23-15-22-19)17-7-2-1-3-8-17/h1-13,15,24H,14H2. The van der Waals surface area contributed by atoms with Crippen molar-refractivity contribution < 1.29 is 8.42 Å². The zero-order valence-electron chi connectivity index (χ0n) is 14.4. The summed E-state index contributed by atoms with van der Waals surface area (Å²) in [5, 5.41) is 1.88. The summed E-state index contributed by atoms with van der Waals surface area (Å²) >= 11 is 0. The van der Waals surface area contributed by atoms with Crippen molar-refractivity contribution in [3.63, 3.8) is 0 Å². The second kappa shape index (κ2) is 7.26. The molecule has 0 amide bonds. The first-order chi connectivity index (χ1) is 13.1. The van der Waals surface area contributed by atoms with E-state index in [1.807, 2.05) is 60.7 Å². The van der Waals surface area contributed by atoms with E-state index < -0.39 is 10.0 Å². The zero-order chi connectivity index (χ0) is 18.7. The summed E-state index contributed by atoms with van der Waals surface area (Å²) in [4.78, 5) is 8.67. The van der Waals surface area contributed by atoms with Crippen LogP contribution in [-0.4, -0.2) is 18.4 Å². The average Bonchev–Trinajstić information content (AvgIpc) is 2.73. The van der Waals surface area contributed by atoms with Gasteiger partial charge in [-0.3, -0.25) is 0 Å². The Morgan fingerprint density at radius 1 is 0.778 bits per heavy atom. The van der Waals surface area contributed by atoms with Crippen molar-refractivity contribution in [2.45, 2.75) is 11.4 Å². The number of aromatic nitrogens is 2.